The van der Waals surface area contributed by atoms with Gasteiger partial charge in [0.15, 0.2) is 5.79 Å². The normalized spacial score (nSPS) is 29.7. The van der Waals surface area contributed by atoms with Gasteiger partial charge < -0.3 is 14.6 Å². The van der Waals surface area contributed by atoms with Crippen LogP contribution in [-0.2, 0) is 9.47 Å². The van der Waals surface area contributed by atoms with Crippen molar-refractivity contribution in [3.63, 3.8) is 0 Å². The first-order chi connectivity index (χ1) is 4.14. The maximum absolute atomic E-state index is 8.59. The molecule has 0 aliphatic carbocycles. The van der Waals surface area contributed by atoms with E-state index in [1.807, 2.05) is 13.8 Å². The third-order valence-corrected chi connectivity index (χ3v) is 1.27. The van der Waals surface area contributed by atoms with Crippen LogP contribution in [0.3, 0.4) is 0 Å². The van der Waals surface area contributed by atoms with Gasteiger partial charge in [0.1, 0.15) is 6.10 Å². The molecular weight excluding hydrogens is 143 g/mol. The summed E-state index contributed by atoms with van der Waals surface area (Å²) in [7, 11) is 0. The molecule has 1 radical (unpaired) electrons. The molecular formula is C6H12NaO3. The molecule has 10 heavy (non-hydrogen) atoms. The van der Waals surface area contributed by atoms with Gasteiger partial charge in [0.25, 0.3) is 0 Å². The van der Waals surface area contributed by atoms with Gasteiger partial charge in [-0.3, -0.25) is 0 Å². The first-order valence-corrected chi connectivity index (χ1v) is 3.07. The zero-order valence-electron chi connectivity index (χ0n) is 6.76. The number of hydrogen-bond donors (Lipinski definition) is 1. The van der Waals surface area contributed by atoms with Crippen LogP contribution in [0.25, 0.3) is 0 Å². The predicted molar refractivity (Wildman–Crippen MR) is 37.7 cm³/mol. The Labute approximate surface area is 83.0 Å². The number of ether oxygens (including phenoxy) is 2. The smallest absolute Gasteiger partial charge is 0.163 e. The summed E-state index contributed by atoms with van der Waals surface area (Å²) < 4.78 is 10.4. The van der Waals surface area contributed by atoms with Crippen molar-refractivity contribution in [2.45, 2.75) is 25.7 Å². The molecule has 1 aliphatic rings. The zero-order valence-corrected chi connectivity index (χ0v) is 8.76. The van der Waals surface area contributed by atoms with Crippen molar-refractivity contribution in [3.05, 3.63) is 0 Å². The first-order valence-electron chi connectivity index (χ1n) is 3.07. The SMILES string of the molecule is CC1(C)OCC(CO)O1.[Na]. The number of aliphatic hydroxyl groups is 1. The average Bonchev–Trinajstić information content (AvgIpc) is 2.10. The molecule has 55 valence electrons. The van der Waals surface area contributed by atoms with Gasteiger partial charge in [-0.25, -0.2) is 0 Å². The van der Waals surface area contributed by atoms with Crippen LogP contribution in [0.4, 0.5) is 0 Å². The molecule has 0 amide bonds. The van der Waals surface area contributed by atoms with E-state index in [0.717, 1.165) is 0 Å². The Bertz CT molecular complexity index is 105. The second-order valence-corrected chi connectivity index (χ2v) is 2.63. The van der Waals surface area contributed by atoms with Crippen molar-refractivity contribution in [2.24, 2.45) is 0 Å². The molecule has 1 N–H and O–H groups in total. The molecule has 1 rings (SSSR count). The molecule has 0 aromatic carbocycles. The second-order valence-electron chi connectivity index (χ2n) is 2.63. The summed E-state index contributed by atoms with van der Waals surface area (Å²) in [6.07, 6.45) is -0.125. The van der Waals surface area contributed by atoms with Gasteiger partial charge in [-0.2, -0.15) is 0 Å². The first kappa shape index (κ1) is 10.9. The third kappa shape index (κ3) is 2.86. The fourth-order valence-electron chi connectivity index (χ4n) is 0.853. The van der Waals surface area contributed by atoms with Gasteiger partial charge in [-0.1, -0.05) is 0 Å². The van der Waals surface area contributed by atoms with E-state index in [2.05, 4.69) is 0 Å². The fraction of sp³-hybridized carbons (Fsp3) is 1.00. The van der Waals surface area contributed by atoms with E-state index in [9.17, 15) is 0 Å². The minimum atomic E-state index is -0.493. The minimum Gasteiger partial charge on any atom is -0.394 e. The molecule has 1 aliphatic heterocycles. The standard InChI is InChI=1S/C6H12O3.Na/c1-6(2)8-4-5(3-7)9-6;/h5,7H,3-4H2,1-2H3;. The zero-order chi connectivity index (χ0) is 6.91. The summed E-state index contributed by atoms with van der Waals surface area (Å²) in [5.74, 6) is -0.493. The van der Waals surface area contributed by atoms with Crippen molar-refractivity contribution in [3.8, 4) is 0 Å². The van der Waals surface area contributed by atoms with Crippen LogP contribution in [0.1, 0.15) is 13.8 Å². The summed E-state index contributed by atoms with van der Waals surface area (Å²) in [4.78, 5) is 0. The fourth-order valence-corrected chi connectivity index (χ4v) is 0.853. The monoisotopic (exact) mass is 155 g/mol. The number of hydrogen-bond acceptors (Lipinski definition) is 3. The topological polar surface area (TPSA) is 38.7 Å². The van der Waals surface area contributed by atoms with Crippen LogP contribution in [0, 0.1) is 0 Å². The molecule has 1 unspecified atom stereocenters. The summed E-state index contributed by atoms with van der Waals surface area (Å²) in [5, 5.41) is 8.59. The molecule has 0 aromatic heterocycles. The van der Waals surface area contributed by atoms with Crippen LogP contribution >= 0.6 is 0 Å². The van der Waals surface area contributed by atoms with Crippen LogP contribution in [-0.4, -0.2) is 59.8 Å². The quantitative estimate of drug-likeness (QED) is 0.531. The Balaban J connectivity index is 0.000000810. The Morgan fingerprint density at radius 1 is 1.60 bits per heavy atom. The molecule has 1 fully saturated rings. The van der Waals surface area contributed by atoms with Crippen molar-refractivity contribution >= 4 is 29.6 Å². The maximum atomic E-state index is 8.59. The summed E-state index contributed by atoms with van der Waals surface area (Å²) in [6, 6.07) is 0. The largest absolute Gasteiger partial charge is 0.394 e. The molecule has 0 saturated carbocycles. The van der Waals surface area contributed by atoms with E-state index in [1.165, 1.54) is 0 Å². The molecule has 1 saturated heterocycles. The van der Waals surface area contributed by atoms with Crippen molar-refractivity contribution in [1.29, 1.82) is 0 Å². The molecule has 0 bridgehead atoms. The van der Waals surface area contributed by atoms with E-state index in [-0.39, 0.29) is 42.3 Å². The third-order valence-electron chi connectivity index (χ3n) is 1.27. The summed E-state index contributed by atoms with van der Waals surface area (Å²) in [6.45, 7) is 4.22. The summed E-state index contributed by atoms with van der Waals surface area (Å²) >= 11 is 0. The van der Waals surface area contributed by atoms with E-state index >= 15 is 0 Å². The average molecular weight is 155 g/mol. The van der Waals surface area contributed by atoms with E-state index in [0.29, 0.717) is 6.61 Å². The molecule has 0 aromatic rings. The van der Waals surface area contributed by atoms with Gasteiger partial charge in [-0.15, -0.1) is 0 Å². The van der Waals surface area contributed by atoms with E-state index < -0.39 is 5.79 Å². The van der Waals surface area contributed by atoms with Gasteiger partial charge in [0, 0.05) is 29.6 Å². The van der Waals surface area contributed by atoms with Gasteiger partial charge in [0.05, 0.1) is 13.2 Å². The van der Waals surface area contributed by atoms with Gasteiger partial charge in [0.2, 0.25) is 0 Å². The number of rotatable bonds is 1. The predicted octanol–water partition coefficient (Wildman–Crippen LogP) is -0.251. The van der Waals surface area contributed by atoms with Crippen LogP contribution in [0.5, 0.6) is 0 Å². The Morgan fingerprint density at radius 3 is 2.40 bits per heavy atom. The van der Waals surface area contributed by atoms with Crippen LogP contribution < -0.4 is 0 Å². The molecule has 4 heteroatoms. The second kappa shape index (κ2) is 4.04. The Hall–Kier alpha value is 0.880. The minimum absolute atomic E-state index is 0. The molecule has 0 spiro atoms. The van der Waals surface area contributed by atoms with E-state index in [4.69, 9.17) is 14.6 Å². The van der Waals surface area contributed by atoms with E-state index in [1.54, 1.807) is 0 Å². The van der Waals surface area contributed by atoms with Crippen LogP contribution in [0.2, 0.25) is 0 Å². The van der Waals surface area contributed by atoms with Crippen molar-refractivity contribution in [2.75, 3.05) is 13.2 Å². The van der Waals surface area contributed by atoms with Crippen molar-refractivity contribution < 1.29 is 14.6 Å². The Kier molecular flexibility index (Phi) is 4.40. The molecule has 3 nitrogen and oxygen atoms in total. The Morgan fingerprint density at radius 2 is 2.20 bits per heavy atom. The molecule has 1 atom stereocenters. The number of aliphatic hydroxyl groups excluding tert-OH is 1. The molecule has 1 heterocycles. The van der Waals surface area contributed by atoms with Gasteiger partial charge >= 0.3 is 0 Å². The maximum Gasteiger partial charge on any atom is 0.163 e. The van der Waals surface area contributed by atoms with Gasteiger partial charge in [-0.05, 0) is 13.8 Å². The summed E-state index contributed by atoms with van der Waals surface area (Å²) in [5.41, 5.74) is 0. The van der Waals surface area contributed by atoms with Crippen LogP contribution in [0.15, 0.2) is 0 Å². The van der Waals surface area contributed by atoms with Crippen molar-refractivity contribution in [1.82, 2.24) is 0 Å².